The van der Waals surface area contributed by atoms with Gasteiger partial charge >= 0.3 is 0 Å². The fraction of sp³-hybridized carbons (Fsp3) is 0.533. The summed E-state index contributed by atoms with van der Waals surface area (Å²) >= 11 is 6.80. The van der Waals surface area contributed by atoms with Crippen LogP contribution in [0.3, 0.4) is 0 Å². The molecule has 1 aromatic carbocycles. The topological polar surface area (TPSA) is 115 Å². The number of ketones is 1. The summed E-state index contributed by atoms with van der Waals surface area (Å²) in [4.78, 5) is 71.7. The van der Waals surface area contributed by atoms with E-state index in [-0.39, 0.29) is 56.5 Å². The van der Waals surface area contributed by atoms with Gasteiger partial charge in [0.15, 0.2) is 5.76 Å². The van der Waals surface area contributed by atoms with Gasteiger partial charge in [-0.25, -0.2) is 0 Å². The highest BCUT2D eigenvalue weighted by atomic mass is 35.5. The summed E-state index contributed by atoms with van der Waals surface area (Å²) in [6, 6.07) is 6.95. The van der Waals surface area contributed by atoms with Crippen molar-refractivity contribution in [3.63, 3.8) is 0 Å². The van der Waals surface area contributed by atoms with Gasteiger partial charge in [0.1, 0.15) is 6.54 Å². The average Bonchev–Trinajstić information content (AvgIpc) is 3.43. The monoisotopic (exact) mass is 797 g/mol. The molecule has 6 atom stereocenters. The number of rotatable bonds is 4. The van der Waals surface area contributed by atoms with Crippen LogP contribution in [0.25, 0.3) is 6.08 Å². The van der Waals surface area contributed by atoms with Gasteiger partial charge in [-0.05, 0) is 127 Å². The maximum absolute atomic E-state index is 14.6. The van der Waals surface area contributed by atoms with Crippen molar-refractivity contribution in [2.45, 2.75) is 86.5 Å². The highest BCUT2D eigenvalue weighted by Gasteiger charge is 2.67. The van der Waals surface area contributed by atoms with E-state index in [1.54, 1.807) is 41.3 Å². The van der Waals surface area contributed by atoms with Crippen molar-refractivity contribution in [2.24, 2.45) is 33.0 Å². The van der Waals surface area contributed by atoms with Crippen LogP contribution in [0.5, 0.6) is 0 Å². The second kappa shape index (κ2) is 13.3. The van der Waals surface area contributed by atoms with Crippen LogP contribution in [0.15, 0.2) is 75.5 Å². The van der Waals surface area contributed by atoms with Gasteiger partial charge in [-0.15, -0.1) is 0 Å². The number of benzene rings is 1. The minimum Gasteiger partial charge on any atom is -0.504 e. The van der Waals surface area contributed by atoms with E-state index in [2.05, 4.69) is 46.8 Å². The number of nitrogens with zero attached hydrogens (tertiary/aromatic N) is 3. The lowest BCUT2D eigenvalue weighted by Crippen LogP contribution is -2.63. The third-order valence-electron chi connectivity index (χ3n) is 15.6. The van der Waals surface area contributed by atoms with Gasteiger partial charge in [-0.3, -0.25) is 28.9 Å². The van der Waals surface area contributed by atoms with E-state index in [1.165, 1.54) is 5.57 Å². The van der Waals surface area contributed by atoms with Crippen molar-refractivity contribution < 1.29 is 29.1 Å². The van der Waals surface area contributed by atoms with E-state index in [0.717, 1.165) is 78.3 Å². The van der Waals surface area contributed by atoms with Gasteiger partial charge < -0.3 is 14.9 Å². The minimum atomic E-state index is -0.539. The number of fused-ring (bicyclic) bond motifs is 7. The molecule has 0 bridgehead atoms. The predicted molar refractivity (Wildman–Crippen MR) is 218 cm³/mol. The summed E-state index contributed by atoms with van der Waals surface area (Å²) in [6.07, 6.45) is 14.3. The number of thioether (sulfide) groups is 1. The Kier molecular flexibility index (Phi) is 9.28. The van der Waals surface area contributed by atoms with Gasteiger partial charge in [-0.1, -0.05) is 76.1 Å². The highest BCUT2D eigenvalue weighted by molar-refractivity contribution is 8.18. The van der Waals surface area contributed by atoms with E-state index >= 15 is 0 Å². The van der Waals surface area contributed by atoms with E-state index in [0.29, 0.717) is 42.7 Å². The summed E-state index contributed by atoms with van der Waals surface area (Å²) in [5.74, 6) is -0.799. The van der Waals surface area contributed by atoms with Crippen LogP contribution in [0.4, 0.5) is 4.79 Å². The summed E-state index contributed by atoms with van der Waals surface area (Å²) < 4.78 is 0. The molecular weight excluding hydrogens is 746 g/mol. The van der Waals surface area contributed by atoms with Gasteiger partial charge in [-0.2, -0.15) is 0 Å². The first-order chi connectivity index (χ1) is 26.3. The zero-order chi connectivity index (χ0) is 40.2. The molecule has 0 radical (unpaired) electrons. The summed E-state index contributed by atoms with van der Waals surface area (Å²) in [5, 5.41) is 10.6. The zero-order valence-corrected chi connectivity index (χ0v) is 34.9. The lowest BCUT2D eigenvalue weighted by molar-refractivity contribution is -0.175. The molecule has 2 heterocycles. The lowest BCUT2D eigenvalue weighted by atomic mass is 9.34. The standard InChI is InChI=1S/C45H52ClN3O6S/c1-27-30-11-12-34-43(4,31(30)24-32(50)37(27)52)16-18-45(6)35-25-42(3,14-13-41(35,2)15-17-44(34,45)5)39(54)48-21-19-47(20-22-48)36(51)26-49-38(53)33(56-40(49)55)23-28-7-9-29(46)10-8-28/h7-12,23-24,35,52H,13-22,25-26H2,1-6H3/b33-23-/t35-,41-,42-,43+,44-,45+/m1/s1. The van der Waals surface area contributed by atoms with Crippen molar-refractivity contribution in [3.05, 3.63) is 86.0 Å². The fourth-order valence-corrected chi connectivity index (χ4v) is 12.7. The molecule has 8 rings (SSSR count). The van der Waals surface area contributed by atoms with Crippen LogP contribution in [0, 0.1) is 33.0 Å². The first-order valence-electron chi connectivity index (χ1n) is 20.0. The molecular formula is C45H52ClN3O6S. The van der Waals surface area contributed by atoms with Crippen LogP contribution < -0.4 is 0 Å². The van der Waals surface area contributed by atoms with Crippen molar-refractivity contribution in [1.29, 1.82) is 0 Å². The third kappa shape index (κ3) is 5.82. The molecule has 0 unspecified atom stereocenters. The first-order valence-corrected chi connectivity index (χ1v) is 21.2. The largest absolute Gasteiger partial charge is 0.504 e. The third-order valence-corrected chi connectivity index (χ3v) is 16.8. The maximum atomic E-state index is 14.6. The van der Waals surface area contributed by atoms with Crippen LogP contribution in [-0.4, -0.2) is 81.3 Å². The molecule has 7 aliphatic rings. The minimum absolute atomic E-state index is 0.0668. The molecule has 1 N–H and O–H groups in total. The quantitative estimate of drug-likeness (QED) is 0.303. The molecule has 2 saturated heterocycles. The van der Waals surface area contributed by atoms with Crippen molar-refractivity contribution in [1.82, 2.24) is 14.7 Å². The van der Waals surface area contributed by atoms with Gasteiger partial charge in [0, 0.05) is 47.6 Å². The summed E-state index contributed by atoms with van der Waals surface area (Å²) in [5.41, 5.74) is 3.82. The molecule has 1 aromatic rings. The number of hydrogen-bond donors (Lipinski definition) is 1. The van der Waals surface area contributed by atoms with Crippen LogP contribution in [0.2, 0.25) is 5.02 Å². The van der Waals surface area contributed by atoms with Crippen LogP contribution >= 0.6 is 23.4 Å². The van der Waals surface area contributed by atoms with Crippen LogP contribution in [-0.2, 0) is 19.2 Å². The summed E-state index contributed by atoms with van der Waals surface area (Å²) in [6.45, 7) is 14.8. The number of imide groups is 1. The number of aliphatic hydroxyl groups is 1. The van der Waals surface area contributed by atoms with Crippen molar-refractivity contribution in [3.8, 4) is 0 Å². The number of aliphatic hydroxyl groups excluding tert-OH is 1. The van der Waals surface area contributed by atoms with E-state index in [1.807, 2.05) is 11.8 Å². The Bertz CT molecular complexity index is 2130. The molecule has 5 aliphatic carbocycles. The maximum Gasteiger partial charge on any atom is 0.294 e. The second-order valence-electron chi connectivity index (χ2n) is 18.6. The van der Waals surface area contributed by atoms with Gasteiger partial charge in [0.25, 0.3) is 11.1 Å². The number of amides is 4. The van der Waals surface area contributed by atoms with Gasteiger partial charge in [0.2, 0.25) is 17.6 Å². The zero-order valence-electron chi connectivity index (χ0n) is 33.3. The second-order valence-corrected chi connectivity index (χ2v) is 20.0. The van der Waals surface area contributed by atoms with Crippen molar-refractivity contribution in [2.75, 3.05) is 32.7 Å². The van der Waals surface area contributed by atoms with Crippen LogP contribution in [0.1, 0.15) is 92.1 Å². The number of allylic oxidation sites excluding steroid dienone is 7. The molecule has 3 saturated carbocycles. The number of carbonyl (C=O) groups is 5. The Morgan fingerprint density at radius 2 is 1.55 bits per heavy atom. The van der Waals surface area contributed by atoms with Gasteiger partial charge in [0.05, 0.1) is 4.91 Å². The molecule has 4 amide bonds. The molecule has 5 fully saturated rings. The highest BCUT2D eigenvalue weighted by Crippen LogP contribution is 2.75. The lowest BCUT2D eigenvalue weighted by Gasteiger charge is -2.70. The van der Waals surface area contributed by atoms with E-state index < -0.39 is 16.6 Å². The molecule has 2 aliphatic heterocycles. The summed E-state index contributed by atoms with van der Waals surface area (Å²) in [7, 11) is 0. The molecule has 56 heavy (non-hydrogen) atoms. The number of hydrogen-bond acceptors (Lipinski definition) is 7. The molecule has 0 spiro atoms. The first kappa shape index (κ1) is 39.0. The predicted octanol–water partition coefficient (Wildman–Crippen LogP) is 8.67. The van der Waals surface area contributed by atoms with E-state index in [9.17, 15) is 29.1 Å². The Labute approximate surface area is 338 Å². The molecule has 296 valence electrons. The SMILES string of the molecule is CC1=C(O)C(=O)C=C2C1=CC=C1[C@@]2(C)CC[C@@]2(C)[C@@H]3C[C@](C)(C(=O)N4CCN(C(=O)CN5C(=O)S/C(=C\c6ccc(Cl)cc6)C5=O)CC4)CC[C@]3(C)CC[C@]12C. The smallest absolute Gasteiger partial charge is 0.294 e. The number of piperazine rings is 1. The molecule has 0 aromatic heterocycles. The Hall–Kier alpha value is -3.89. The van der Waals surface area contributed by atoms with Crippen molar-refractivity contribution >= 4 is 58.2 Å². The Morgan fingerprint density at radius 3 is 2.25 bits per heavy atom. The molecule has 9 nitrogen and oxygen atoms in total. The number of carbonyl (C=O) groups excluding carboxylic acids is 5. The molecule has 11 heteroatoms. The Morgan fingerprint density at radius 1 is 0.893 bits per heavy atom. The fourth-order valence-electron chi connectivity index (χ4n) is 11.8. The normalized spacial score (nSPS) is 36.4. The number of halogens is 1. The average molecular weight is 798 g/mol. The van der Waals surface area contributed by atoms with E-state index in [4.69, 9.17) is 11.6 Å². The Balaban J connectivity index is 0.950.